The molecule has 1 saturated heterocycles. The molecule has 33 heavy (non-hydrogen) atoms. The lowest BCUT2D eigenvalue weighted by atomic mass is 10.1. The van der Waals surface area contributed by atoms with Gasteiger partial charge < -0.3 is 19.8 Å². The Labute approximate surface area is 195 Å². The van der Waals surface area contributed by atoms with E-state index in [2.05, 4.69) is 25.7 Å². The first-order valence-corrected chi connectivity index (χ1v) is 10.3. The Bertz CT molecular complexity index is 1040. The average Bonchev–Trinajstić information content (AvgIpc) is 3.27. The Morgan fingerprint density at radius 1 is 1.03 bits per heavy atom. The summed E-state index contributed by atoms with van der Waals surface area (Å²) in [6.45, 7) is 5.15. The summed E-state index contributed by atoms with van der Waals surface area (Å²) in [6.07, 6.45) is 0.939. The number of rotatable bonds is 8. The highest BCUT2D eigenvalue weighted by molar-refractivity contribution is 6.04. The molecule has 3 aromatic rings. The smallest absolute Gasteiger partial charge is 0.315 e. The van der Waals surface area contributed by atoms with Crippen molar-refractivity contribution >= 4 is 30.0 Å². The fourth-order valence-corrected chi connectivity index (χ4v) is 3.34. The van der Waals surface area contributed by atoms with E-state index in [0.29, 0.717) is 29.7 Å². The topological polar surface area (TPSA) is 92.5 Å². The first-order chi connectivity index (χ1) is 15.6. The van der Waals surface area contributed by atoms with Gasteiger partial charge in [0.25, 0.3) is 5.91 Å². The molecule has 0 aliphatic carbocycles. The van der Waals surface area contributed by atoms with Crippen molar-refractivity contribution < 1.29 is 22.7 Å². The molecule has 11 heteroatoms. The highest BCUT2D eigenvalue weighted by atomic mass is 35.5. The number of halogens is 3. The standard InChI is InChI=1S/C22H23F2N5O3.ClH/c23-17-3-1-4-18(24)19(17)20(30)26-16-7-5-15(6-8-16)21-27-28-22(32-21)25-9-2-10-29-11-13-31-14-12-29;/h1,3-8H,2,9-14H2,(H,25,28)(H,26,30);1H. The van der Waals surface area contributed by atoms with Crippen LogP contribution in [0.1, 0.15) is 16.8 Å². The van der Waals surface area contributed by atoms with Gasteiger partial charge in [-0.2, -0.15) is 0 Å². The van der Waals surface area contributed by atoms with Crippen LogP contribution >= 0.6 is 12.4 Å². The predicted molar refractivity (Wildman–Crippen MR) is 122 cm³/mol. The second-order valence-electron chi connectivity index (χ2n) is 7.27. The minimum absolute atomic E-state index is 0. The van der Waals surface area contributed by atoms with Crippen molar-refractivity contribution in [3.63, 3.8) is 0 Å². The fraction of sp³-hybridized carbons (Fsp3) is 0.318. The number of nitrogens with zero attached hydrogens (tertiary/aromatic N) is 3. The zero-order valence-electron chi connectivity index (χ0n) is 17.7. The minimum atomic E-state index is -0.921. The number of nitrogens with one attached hydrogen (secondary N) is 2. The molecule has 2 aromatic carbocycles. The van der Waals surface area contributed by atoms with E-state index in [1.54, 1.807) is 24.3 Å². The lowest BCUT2D eigenvalue weighted by molar-refractivity contribution is 0.0378. The molecule has 8 nitrogen and oxygen atoms in total. The van der Waals surface area contributed by atoms with Gasteiger partial charge in [0.2, 0.25) is 5.89 Å². The van der Waals surface area contributed by atoms with Crippen LogP contribution < -0.4 is 10.6 Å². The van der Waals surface area contributed by atoms with E-state index in [9.17, 15) is 13.6 Å². The molecule has 1 amide bonds. The molecule has 0 bridgehead atoms. The molecule has 2 N–H and O–H groups in total. The summed E-state index contributed by atoms with van der Waals surface area (Å²) in [5.41, 5.74) is 0.397. The summed E-state index contributed by atoms with van der Waals surface area (Å²) >= 11 is 0. The van der Waals surface area contributed by atoms with Gasteiger partial charge in [0, 0.05) is 30.9 Å². The fourth-order valence-electron chi connectivity index (χ4n) is 3.34. The normalized spacial score (nSPS) is 13.9. The molecular weight excluding hydrogens is 456 g/mol. The minimum Gasteiger partial charge on any atom is -0.403 e. The number of anilines is 2. The molecule has 0 unspecified atom stereocenters. The molecule has 1 aliphatic rings. The molecular formula is C22H24ClF2N5O3. The lowest BCUT2D eigenvalue weighted by Gasteiger charge is -2.26. The maximum Gasteiger partial charge on any atom is 0.315 e. The Morgan fingerprint density at radius 3 is 2.42 bits per heavy atom. The summed E-state index contributed by atoms with van der Waals surface area (Å²) in [6, 6.07) is 10.1. The Balaban J connectivity index is 0.00000306. The van der Waals surface area contributed by atoms with Crippen LogP contribution in [0.25, 0.3) is 11.5 Å². The number of hydrogen-bond donors (Lipinski definition) is 2. The van der Waals surface area contributed by atoms with Crippen molar-refractivity contribution in [1.82, 2.24) is 15.1 Å². The van der Waals surface area contributed by atoms with Gasteiger partial charge in [-0.3, -0.25) is 9.69 Å². The van der Waals surface area contributed by atoms with E-state index in [1.165, 1.54) is 6.07 Å². The third-order valence-electron chi connectivity index (χ3n) is 5.04. The maximum atomic E-state index is 13.8. The Kier molecular flexibility index (Phi) is 8.70. The predicted octanol–water partition coefficient (Wildman–Crippen LogP) is 3.82. The number of ether oxygens (including phenoxy) is 1. The molecule has 1 aliphatic heterocycles. The zero-order chi connectivity index (χ0) is 22.3. The third-order valence-corrected chi connectivity index (χ3v) is 5.04. The maximum absolute atomic E-state index is 13.8. The summed E-state index contributed by atoms with van der Waals surface area (Å²) in [5.74, 6) is -2.39. The monoisotopic (exact) mass is 479 g/mol. The lowest BCUT2D eigenvalue weighted by Crippen LogP contribution is -2.37. The van der Waals surface area contributed by atoms with Crippen LogP contribution in [0, 0.1) is 11.6 Å². The van der Waals surface area contributed by atoms with Crippen LogP contribution in [0.4, 0.5) is 20.5 Å². The highest BCUT2D eigenvalue weighted by Crippen LogP contribution is 2.22. The van der Waals surface area contributed by atoms with Crippen molar-refractivity contribution in [3.8, 4) is 11.5 Å². The van der Waals surface area contributed by atoms with Crippen LogP contribution in [-0.2, 0) is 4.74 Å². The van der Waals surface area contributed by atoms with Crippen molar-refractivity contribution in [2.75, 3.05) is 50.0 Å². The molecule has 0 radical (unpaired) electrons. The summed E-state index contributed by atoms with van der Waals surface area (Å²) in [7, 11) is 0. The molecule has 4 rings (SSSR count). The zero-order valence-corrected chi connectivity index (χ0v) is 18.5. The quantitative estimate of drug-likeness (QED) is 0.474. The Morgan fingerprint density at radius 2 is 1.73 bits per heavy atom. The van der Waals surface area contributed by atoms with Gasteiger partial charge in [0.15, 0.2) is 0 Å². The van der Waals surface area contributed by atoms with Crippen molar-refractivity contribution in [3.05, 3.63) is 59.7 Å². The van der Waals surface area contributed by atoms with Gasteiger partial charge in [-0.15, -0.1) is 17.5 Å². The Hall–Kier alpha value is -3.08. The van der Waals surface area contributed by atoms with Gasteiger partial charge in [-0.25, -0.2) is 8.78 Å². The number of carbonyl (C=O) groups is 1. The van der Waals surface area contributed by atoms with Crippen molar-refractivity contribution in [2.24, 2.45) is 0 Å². The summed E-state index contributed by atoms with van der Waals surface area (Å²) in [5, 5.41) is 13.6. The van der Waals surface area contributed by atoms with Crippen molar-refractivity contribution in [2.45, 2.75) is 6.42 Å². The van der Waals surface area contributed by atoms with Gasteiger partial charge in [-0.05, 0) is 49.4 Å². The van der Waals surface area contributed by atoms with Crippen LogP contribution in [0.15, 0.2) is 46.9 Å². The van der Waals surface area contributed by atoms with Crippen LogP contribution in [-0.4, -0.2) is 60.4 Å². The number of aromatic nitrogens is 2. The molecule has 1 aromatic heterocycles. The second kappa shape index (κ2) is 11.7. The molecule has 1 fully saturated rings. The van der Waals surface area contributed by atoms with E-state index < -0.39 is 23.1 Å². The first-order valence-electron chi connectivity index (χ1n) is 10.3. The number of hydrogen-bond acceptors (Lipinski definition) is 7. The summed E-state index contributed by atoms with van der Waals surface area (Å²) in [4.78, 5) is 14.5. The molecule has 0 saturated carbocycles. The molecule has 0 spiro atoms. The van der Waals surface area contributed by atoms with E-state index in [0.717, 1.165) is 51.4 Å². The van der Waals surface area contributed by atoms with Crippen LogP contribution in [0.2, 0.25) is 0 Å². The number of benzene rings is 2. The SMILES string of the molecule is Cl.O=C(Nc1ccc(-c2nnc(NCCCN3CCOCC3)o2)cc1)c1c(F)cccc1F. The van der Waals surface area contributed by atoms with Gasteiger partial charge >= 0.3 is 6.01 Å². The van der Waals surface area contributed by atoms with E-state index >= 15 is 0 Å². The molecule has 176 valence electrons. The number of amides is 1. The number of morpholine rings is 1. The van der Waals surface area contributed by atoms with Crippen molar-refractivity contribution in [1.29, 1.82) is 0 Å². The van der Waals surface area contributed by atoms with Gasteiger partial charge in [0.05, 0.1) is 13.2 Å². The third kappa shape index (κ3) is 6.47. The second-order valence-corrected chi connectivity index (χ2v) is 7.27. The molecule has 2 heterocycles. The van der Waals surface area contributed by atoms with E-state index in [-0.39, 0.29) is 12.4 Å². The molecule has 0 atom stereocenters. The van der Waals surface area contributed by atoms with Gasteiger partial charge in [0.1, 0.15) is 17.2 Å². The first kappa shape index (κ1) is 24.6. The summed E-state index contributed by atoms with van der Waals surface area (Å²) < 4.78 is 38.5. The highest BCUT2D eigenvalue weighted by Gasteiger charge is 2.17. The largest absolute Gasteiger partial charge is 0.403 e. The van der Waals surface area contributed by atoms with Crippen LogP contribution in [0.5, 0.6) is 0 Å². The van der Waals surface area contributed by atoms with E-state index in [4.69, 9.17) is 9.15 Å². The number of carbonyl (C=O) groups excluding carboxylic acids is 1. The van der Waals surface area contributed by atoms with E-state index in [1.807, 2.05) is 0 Å². The average molecular weight is 480 g/mol. The van der Waals surface area contributed by atoms with Crippen LogP contribution in [0.3, 0.4) is 0 Å². The van der Waals surface area contributed by atoms with Gasteiger partial charge in [-0.1, -0.05) is 11.2 Å².